The van der Waals surface area contributed by atoms with Gasteiger partial charge in [-0.1, -0.05) is 23.5 Å². The summed E-state index contributed by atoms with van der Waals surface area (Å²) in [7, 11) is 1.66. The van der Waals surface area contributed by atoms with Gasteiger partial charge in [0.25, 0.3) is 0 Å². The lowest BCUT2D eigenvalue weighted by Crippen LogP contribution is -1.88. The van der Waals surface area contributed by atoms with Gasteiger partial charge in [0.1, 0.15) is 10.8 Å². The Kier molecular flexibility index (Phi) is 3.33. The zero-order chi connectivity index (χ0) is 10.7. The maximum absolute atomic E-state index is 5.09. The van der Waals surface area contributed by atoms with Gasteiger partial charge in [-0.2, -0.15) is 0 Å². The molecule has 0 unspecified atom stereocenters. The molecule has 0 atom stereocenters. The van der Waals surface area contributed by atoms with Crippen LogP contribution < -0.4 is 4.74 Å². The van der Waals surface area contributed by atoms with E-state index in [1.807, 2.05) is 24.3 Å². The molecular formula is C10H9BrN2OS. The number of rotatable bonds is 3. The summed E-state index contributed by atoms with van der Waals surface area (Å²) in [5.41, 5.74) is 1.21. The first-order valence-corrected chi connectivity index (χ1v) is 5.99. The minimum atomic E-state index is 0.813. The second-order valence-corrected chi connectivity index (χ2v) is 5.31. The average Bonchev–Trinajstić information content (AvgIpc) is 2.65. The highest BCUT2D eigenvalue weighted by atomic mass is 79.9. The Morgan fingerprint density at radius 2 is 2.00 bits per heavy atom. The van der Waals surface area contributed by atoms with Crippen LogP contribution in [0.25, 0.3) is 0 Å². The fraction of sp³-hybridized carbons (Fsp3) is 0.200. The van der Waals surface area contributed by atoms with E-state index < -0.39 is 0 Å². The van der Waals surface area contributed by atoms with Crippen molar-refractivity contribution in [1.82, 2.24) is 10.2 Å². The van der Waals surface area contributed by atoms with Gasteiger partial charge in [0.05, 0.1) is 7.11 Å². The lowest BCUT2D eigenvalue weighted by molar-refractivity contribution is 0.414. The van der Waals surface area contributed by atoms with E-state index in [4.69, 9.17) is 4.74 Å². The van der Waals surface area contributed by atoms with E-state index in [1.165, 1.54) is 5.56 Å². The largest absolute Gasteiger partial charge is 0.497 e. The number of halogens is 1. The van der Waals surface area contributed by atoms with Crippen LogP contribution in [-0.2, 0) is 6.42 Å². The quantitative estimate of drug-likeness (QED) is 0.869. The van der Waals surface area contributed by atoms with Crippen LogP contribution in [0.4, 0.5) is 0 Å². The third-order valence-electron chi connectivity index (χ3n) is 1.96. The zero-order valence-electron chi connectivity index (χ0n) is 8.11. The third kappa shape index (κ3) is 2.76. The first kappa shape index (κ1) is 10.6. The third-order valence-corrected chi connectivity index (χ3v) is 3.31. The van der Waals surface area contributed by atoms with Crippen LogP contribution in [0.3, 0.4) is 0 Å². The molecule has 1 aromatic carbocycles. The molecule has 2 rings (SSSR count). The smallest absolute Gasteiger partial charge is 0.183 e. The van der Waals surface area contributed by atoms with Gasteiger partial charge in [-0.05, 0) is 33.6 Å². The molecule has 0 amide bonds. The Balaban J connectivity index is 2.11. The number of ether oxygens (including phenoxy) is 1. The normalized spacial score (nSPS) is 10.3. The van der Waals surface area contributed by atoms with Crippen molar-refractivity contribution >= 4 is 27.3 Å². The molecule has 15 heavy (non-hydrogen) atoms. The standard InChI is InChI=1S/C10H9BrN2OS/c1-14-8-4-2-7(3-5-8)6-9-12-13-10(11)15-9/h2-5H,6H2,1H3. The zero-order valence-corrected chi connectivity index (χ0v) is 10.5. The number of nitrogens with zero attached hydrogens (tertiary/aromatic N) is 2. The Morgan fingerprint density at radius 3 is 2.53 bits per heavy atom. The van der Waals surface area contributed by atoms with Gasteiger partial charge < -0.3 is 4.74 Å². The van der Waals surface area contributed by atoms with Crippen LogP contribution in [0.5, 0.6) is 5.75 Å². The molecule has 1 aromatic heterocycles. The highest BCUT2D eigenvalue weighted by Gasteiger charge is 2.02. The van der Waals surface area contributed by atoms with E-state index in [0.29, 0.717) is 0 Å². The maximum Gasteiger partial charge on any atom is 0.183 e. The van der Waals surface area contributed by atoms with E-state index >= 15 is 0 Å². The highest BCUT2D eigenvalue weighted by Crippen LogP contribution is 2.20. The monoisotopic (exact) mass is 284 g/mol. The molecule has 0 radical (unpaired) electrons. The lowest BCUT2D eigenvalue weighted by atomic mass is 10.1. The topological polar surface area (TPSA) is 35.0 Å². The van der Waals surface area contributed by atoms with E-state index in [2.05, 4.69) is 26.1 Å². The molecule has 5 heteroatoms. The van der Waals surface area contributed by atoms with Crippen molar-refractivity contribution in [2.75, 3.05) is 7.11 Å². The van der Waals surface area contributed by atoms with E-state index in [1.54, 1.807) is 18.4 Å². The Hall–Kier alpha value is -0.940. The van der Waals surface area contributed by atoms with Gasteiger partial charge in [-0.15, -0.1) is 10.2 Å². The van der Waals surface area contributed by atoms with Crippen LogP contribution in [0.2, 0.25) is 0 Å². The molecule has 1 heterocycles. The lowest BCUT2D eigenvalue weighted by Gasteiger charge is -2.00. The van der Waals surface area contributed by atoms with Gasteiger partial charge >= 0.3 is 0 Å². The summed E-state index contributed by atoms with van der Waals surface area (Å²) in [6, 6.07) is 7.97. The molecule has 0 fully saturated rings. The van der Waals surface area contributed by atoms with Crippen molar-refractivity contribution in [1.29, 1.82) is 0 Å². The van der Waals surface area contributed by atoms with Crippen LogP contribution in [-0.4, -0.2) is 17.3 Å². The fourth-order valence-electron chi connectivity index (χ4n) is 1.22. The summed E-state index contributed by atoms with van der Waals surface area (Å²) in [5, 5.41) is 8.96. The van der Waals surface area contributed by atoms with Crippen molar-refractivity contribution in [3.05, 3.63) is 38.8 Å². The predicted octanol–water partition coefficient (Wildman–Crippen LogP) is 2.90. The molecule has 0 N–H and O–H groups in total. The van der Waals surface area contributed by atoms with E-state index in [9.17, 15) is 0 Å². The number of aromatic nitrogens is 2. The average molecular weight is 285 g/mol. The minimum Gasteiger partial charge on any atom is -0.497 e. The molecule has 2 aromatic rings. The van der Waals surface area contributed by atoms with E-state index in [0.717, 1.165) is 21.1 Å². The first-order chi connectivity index (χ1) is 7.28. The van der Waals surface area contributed by atoms with Crippen molar-refractivity contribution in [2.24, 2.45) is 0 Å². The molecule has 0 spiro atoms. The summed E-state index contributed by atoms with van der Waals surface area (Å²) in [4.78, 5) is 0. The van der Waals surface area contributed by atoms with Gasteiger partial charge in [0, 0.05) is 6.42 Å². The van der Waals surface area contributed by atoms with Crippen LogP contribution in [0.1, 0.15) is 10.6 Å². The van der Waals surface area contributed by atoms with Crippen LogP contribution in [0.15, 0.2) is 28.2 Å². The predicted molar refractivity (Wildman–Crippen MR) is 63.4 cm³/mol. The summed E-state index contributed by atoms with van der Waals surface area (Å²) in [5.74, 6) is 0.872. The summed E-state index contributed by atoms with van der Waals surface area (Å²) in [6.07, 6.45) is 0.813. The SMILES string of the molecule is COc1ccc(Cc2nnc(Br)s2)cc1. The fourth-order valence-corrected chi connectivity index (χ4v) is 2.46. The molecule has 0 aliphatic rings. The number of hydrogen-bond donors (Lipinski definition) is 0. The molecule has 0 aliphatic carbocycles. The second kappa shape index (κ2) is 4.72. The second-order valence-electron chi connectivity index (χ2n) is 2.97. The molecule has 78 valence electrons. The number of hydrogen-bond acceptors (Lipinski definition) is 4. The minimum absolute atomic E-state index is 0.813. The highest BCUT2D eigenvalue weighted by molar-refractivity contribution is 9.11. The first-order valence-electron chi connectivity index (χ1n) is 4.39. The Morgan fingerprint density at radius 1 is 1.27 bits per heavy atom. The van der Waals surface area contributed by atoms with Gasteiger partial charge in [-0.25, -0.2) is 0 Å². The number of methoxy groups -OCH3 is 1. The Labute approximate surface area is 100 Å². The molecule has 3 nitrogen and oxygen atoms in total. The van der Waals surface area contributed by atoms with E-state index in [-0.39, 0.29) is 0 Å². The van der Waals surface area contributed by atoms with Crippen molar-refractivity contribution in [3.8, 4) is 5.75 Å². The van der Waals surface area contributed by atoms with Crippen LogP contribution >= 0.6 is 27.3 Å². The van der Waals surface area contributed by atoms with Crippen molar-refractivity contribution in [2.45, 2.75) is 6.42 Å². The maximum atomic E-state index is 5.09. The molecule has 0 bridgehead atoms. The van der Waals surface area contributed by atoms with Crippen LogP contribution in [0, 0.1) is 0 Å². The van der Waals surface area contributed by atoms with Gasteiger partial charge in [-0.3, -0.25) is 0 Å². The van der Waals surface area contributed by atoms with Crippen molar-refractivity contribution < 1.29 is 4.74 Å². The Bertz CT molecular complexity index is 441. The van der Waals surface area contributed by atoms with Gasteiger partial charge in [0.15, 0.2) is 3.92 Å². The van der Waals surface area contributed by atoms with Gasteiger partial charge in [0.2, 0.25) is 0 Å². The van der Waals surface area contributed by atoms with Crippen molar-refractivity contribution in [3.63, 3.8) is 0 Å². The summed E-state index contributed by atoms with van der Waals surface area (Å²) in [6.45, 7) is 0. The molecule has 0 saturated heterocycles. The molecule has 0 saturated carbocycles. The molecular weight excluding hydrogens is 276 g/mol. The number of benzene rings is 1. The summed E-state index contributed by atoms with van der Waals surface area (Å²) >= 11 is 4.85. The summed E-state index contributed by atoms with van der Waals surface area (Å²) < 4.78 is 5.92. The molecule has 0 aliphatic heterocycles.